The van der Waals surface area contributed by atoms with Gasteiger partial charge in [-0.1, -0.05) is 54.6 Å². The minimum Gasteiger partial charge on any atom is -0.368 e. The molecule has 4 rings (SSSR count). The van der Waals surface area contributed by atoms with Crippen molar-refractivity contribution in [3.63, 3.8) is 0 Å². The van der Waals surface area contributed by atoms with Crippen LogP contribution in [0, 0.1) is 0 Å². The lowest BCUT2D eigenvalue weighted by Crippen LogP contribution is -2.02. The van der Waals surface area contributed by atoms with E-state index in [9.17, 15) is 0 Å². The van der Waals surface area contributed by atoms with E-state index in [0.717, 1.165) is 17.0 Å². The molecule has 1 aliphatic rings. The number of nitrogens with two attached hydrogens (primary N) is 1. The minimum absolute atomic E-state index is 0.245. The fourth-order valence-electron chi connectivity index (χ4n) is 2.56. The van der Waals surface area contributed by atoms with Crippen LogP contribution < -0.4 is 5.73 Å². The molecule has 4 heteroatoms. The highest BCUT2D eigenvalue weighted by Gasteiger charge is 2.23. The van der Waals surface area contributed by atoms with Gasteiger partial charge in [0.15, 0.2) is 11.6 Å². The van der Waals surface area contributed by atoms with E-state index in [0.29, 0.717) is 11.6 Å². The number of aromatic nitrogens is 3. The highest BCUT2D eigenvalue weighted by molar-refractivity contribution is 5.62. The molecule has 0 spiro atoms. The lowest BCUT2D eigenvalue weighted by molar-refractivity contribution is 1.08. The maximum Gasteiger partial charge on any atom is 0.224 e. The molecule has 1 saturated carbocycles. The van der Waals surface area contributed by atoms with Gasteiger partial charge < -0.3 is 5.73 Å². The summed E-state index contributed by atoms with van der Waals surface area (Å²) in [6, 6.07) is 18.3. The molecule has 4 nitrogen and oxygen atoms in total. The van der Waals surface area contributed by atoms with Crippen LogP contribution in [0.25, 0.3) is 22.8 Å². The summed E-state index contributed by atoms with van der Waals surface area (Å²) in [5.74, 6) is 2.22. The molecule has 108 valence electrons. The van der Waals surface area contributed by atoms with E-state index in [4.69, 9.17) is 5.73 Å². The molecular formula is C18H16N4. The van der Waals surface area contributed by atoms with Crippen molar-refractivity contribution < 1.29 is 0 Å². The summed E-state index contributed by atoms with van der Waals surface area (Å²) in [4.78, 5) is 13.1. The number of nitrogen functional groups attached to an aromatic ring is 1. The van der Waals surface area contributed by atoms with Gasteiger partial charge >= 0.3 is 0 Å². The molecule has 2 N–H and O–H groups in total. The first-order chi connectivity index (χ1) is 10.8. The highest BCUT2D eigenvalue weighted by atomic mass is 15.1. The molecule has 2 aromatic carbocycles. The van der Waals surface area contributed by atoms with E-state index in [1.54, 1.807) is 0 Å². The summed E-state index contributed by atoms with van der Waals surface area (Å²) in [7, 11) is 0. The van der Waals surface area contributed by atoms with Crippen molar-refractivity contribution in [1.82, 2.24) is 15.0 Å². The third kappa shape index (κ3) is 2.55. The van der Waals surface area contributed by atoms with Gasteiger partial charge in [-0.25, -0.2) is 4.98 Å². The molecule has 1 aliphatic carbocycles. The van der Waals surface area contributed by atoms with Gasteiger partial charge in [0.25, 0.3) is 0 Å². The molecule has 0 amide bonds. The normalized spacial score (nSPS) is 14.0. The predicted octanol–water partition coefficient (Wildman–Crippen LogP) is 3.67. The molecule has 0 aliphatic heterocycles. The monoisotopic (exact) mass is 288 g/mol. The molecule has 1 aromatic heterocycles. The summed E-state index contributed by atoms with van der Waals surface area (Å²) in [6.07, 6.45) is 2.60. The quantitative estimate of drug-likeness (QED) is 0.798. The van der Waals surface area contributed by atoms with E-state index in [2.05, 4.69) is 39.2 Å². The molecule has 0 saturated heterocycles. The number of benzene rings is 2. The van der Waals surface area contributed by atoms with Crippen LogP contribution in [-0.2, 0) is 0 Å². The Labute approximate surface area is 129 Å². The molecule has 22 heavy (non-hydrogen) atoms. The van der Waals surface area contributed by atoms with Crippen LogP contribution in [0.4, 0.5) is 5.95 Å². The topological polar surface area (TPSA) is 64.7 Å². The van der Waals surface area contributed by atoms with Crippen LogP contribution in [-0.4, -0.2) is 15.0 Å². The Hall–Kier alpha value is -2.75. The van der Waals surface area contributed by atoms with Gasteiger partial charge in [-0.15, -0.1) is 0 Å². The second kappa shape index (κ2) is 5.22. The maximum absolute atomic E-state index is 5.86. The molecule has 3 aromatic rings. The number of hydrogen-bond donors (Lipinski definition) is 1. The van der Waals surface area contributed by atoms with Crippen LogP contribution in [0.15, 0.2) is 54.6 Å². The Morgan fingerprint density at radius 2 is 1.32 bits per heavy atom. The van der Waals surface area contributed by atoms with Crippen molar-refractivity contribution in [3.8, 4) is 22.8 Å². The van der Waals surface area contributed by atoms with Crippen molar-refractivity contribution in [2.45, 2.75) is 18.8 Å². The first-order valence-electron chi connectivity index (χ1n) is 7.47. The lowest BCUT2D eigenvalue weighted by atomic mass is 10.1. The fraction of sp³-hybridized carbons (Fsp3) is 0.167. The fourth-order valence-corrected chi connectivity index (χ4v) is 2.56. The summed E-state index contributed by atoms with van der Waals surface area (Å²) < 4.78 is 0. The summed E-state index contributed by atoms with van der Waals surface area (Å²) in [5, 5.41) is 0. The standard InChI is InChI=1S/C18H16N4/c19-18-21-16(14-4-2-1-3-5-14)20-17(22-18)15-10-8-13(9-11-15)12-6-7-12/h1-5,8-12H,6-7H2,(H2,19,20,21,22). The van der Waals surface area contributed by atoms with Crippen LogP contribution >= 0.6 is 0 Å². The van der Waals surface area contributed by atoms with Crippen molar-refractivity contribution in [2.24, 2.45) is 0 Å². The first-order valence-corrected chi connectivity index (χ1v) is 7.47. The zero-order valence-corrected chi connectivity index (χ0v) is 12.1. The Morgan fingerprint density at radius 1 is 0.727 bits per heavy atom. The number of hydrogen-bond acceptors (Lipinski definition) is 4. The summed E-state index contributed by atoms with van der Waals surface area (Å²) >= 11 is 0. The van der Waals surface area contributed by atoms with Gasteiger partial charge in [-0.2, -0.15) is 9.97 Å². The third-order valence-corrected chi connectivity index (χ3v) is 3.90. The van der Waals surface area contributed by atoms with Gasteiger partial charge in [-0.3, -0.25) is 0 Å². The van der Waals surface area contributed by atoms with Gasteiger partial charge in [0, 0.05) is 11.1 Å². The Bertz CT molecular complexity index is 793. The molecule has 1 fully saturated rings. The van der Waals surface area contributed by atoms with E-state index in [1.807, 2.05) is 30.3 Å². The van der Waals surface area contributed by atoms with Gasteiger partial charge in [-0.05, 0) is 24.3 Å². The van der Waals surface area contributed by atoms with Crippen molar-refractivity contribution in [1.29, 1.82) is 0 Å². The van der Waals surface area contributed by atoms with E-state index in [-0.39, 0.29) is 5.95 Å². The maximum atomic E-state index is 5.86. The second-order valence-electron chi connectivity index (χ2n) is 5.60. The molecule has 1 heterocycles. The average Bonchev–Trinajstić information content (AvgIpc) is 3.40. The molecule has 0 atom stereocenters. The van der Waals surface area contributed by atoms with Gasteiger partial charge in [0.05, 0.1) is 0 Å². The van der Waals surface area contributed by atoms with Crippen LogP contribution in [0.3, 0.4) is 0 Å². The Morgan fingerprint density at radius 3 is 1.91 bits per heavy atom. The first kappa shape index (κ1) is 13.0. The molecule has 0 bridgehead atoms. The highest BCUT2D eigenvalue weighted by Crippen LogP contribution is 2.40. The number of rotatable bonds is 3. The third-order valence-electron chi connectivity index (χ3n) is 3.90. The molecule has 0 radical (unpaired) electrons. The average molecular weight is 288 g/mol. The number of anilines is 1. The number of nitrogens with zero attached hydrogens (tertiary/aromatic N) is 3. The van der Waals surface area contributed by atoms with Crippen molar-refractivity contribution in [2.75, 3.05) is 5.73 Å². The summed E-state index contributed by atoms with van der Waals surface area (Å²) in [6.45, 7) is 0. The Kier molecular flexibility index (Phi) is 3.07. The van der Waals surface area contributed by atoms with Crippen molar-refractivity contribution >= 4 is 5.95 Å². The predicted molar refractivity (Wildman–Crippen MR) is 87.1 cm³/mol. The second-order valence-corrected chi connectivity index (χ2v) is 5.60. The van der Waals surface area contributed by atoms with E-state index < -0.39 is 0 Å². The van der Waals surface area contributed by atoms with Gasteiger partial charge in [0.1, 0.15) is 0 Å². The molecular weight excluding hydrogens is 272 g/mol. The zero-order chi connectivity index (χ0) is 14.9. The van der Waals surface area contributed by atoms with Crippen molar-refractivity contribution in [3.05, 3.63) is 60.2 Å². The van der Waals surface area contributed by atoms with Gasteiger partial charge in [0.2, 0.25) is 5.95 Å². The summed E-state index contributed by atoms with van der Waals surface area (Å²) in [5.41, 5.74) is 9.16. The minimum atomic E-state index is 0.245. The van der Waals surface area contributed by atoms with E-state index in [1.165, 1.54) is 18.4 Å². The smallest absolute Gasteiger partial charge is 0.224 e. The van der Waals surface area contributed by atoms with E-state index >= 15 is 0 Å². The van der Waals surface area contributed by atoms with Crippen LogP contribution in [0.1, 0.15) is 24.3 Å². The molecule has 0 unspecified atom stereocenters. The zero-order valence-electron chi connectivity index (χ0n) is 12.1. The SMILES string of the molecule is Nc1nc(-c2ccccc2)nc(-c2ccc(C3CC3)cc2)n1. The van der Waals surface area contributed by atoms with Crippen LogP contribution in [0.5, 0.6) is 0 Å². The lowest BCUT2D eigenvalue weighted by Gasteiger charge is -2.06. The largest absolute Gasteiger partial charge is 0.368 e. The van der Waals surface area contributed by atoms with Crippen LogP contribution in [0.2, 0.25) is 0 Å². The Balaban J connectivity index is 1.73.